The van der Waals surface area contributed by atoms with Gasteiger partial charge in [0.2, 0.25) is 5.91 Å². The van der Waals surface area contributed by atoms with Gasteiger partial charge in [-0.15, -0.1) is 0 Å². The van der Waals surface area contributed by atoms with Gasteiger partial charge in [-0.2, -0.15) is 0 Å². The highest BCUT2D eigenvalue weighted by Gasteiger charge is 2.44. The number of rotatable bonds is 10. The van der Waals surface area contributed by atoms with Gasteiger partial charge in [0.25, 0.3) is 0 Å². The second-order valence-corrected chi connectivity index (χ2v) is 10.4. The monoisotopic (exact) mass is 492 g/mol. The molecule has 1 saturated heterocycles. The summed E-state index contributed by atoms with van der Waals surface area (Å²) in [4.78, 5) is 15.6. The molecule has 6 heteroatoms. The minimum atomic E-state index is -0.830. The molecular weight excluding hydrogens is 455 g/mol. The molecule has 0 radical (unpaired) electrons. The summed E-state index contributed by atoms with van der Waals surface area (Å²) in [5, 5.41) is 0. The van der Waals surface area contributed by atoms with E-state index in [1.165, 1.54) is 13.2 Å². The van der Waals surface area contributed by atoms with Crippen molar-refractivity contribution in [3.8, 4) is 11.5 Å². The van der Waals surface area contributed by atoms with Crippen molar-refractivity contribution in [2.24, 2.45) is 5.73 Å². The minimum absolute atomic E-state index is 0.000605. The Hall–Kier alpha value is -3.12. The second-order valence-electron chi connectivity index (χ2n) is 10.4. The maximum absolute atomic E-state index is 13.8. The maximum atomic E-state index is 13.8. The number of primary amides is 1. The predicted molar refractivity (Wildman–Crippen MR) is 141 cm³/mol. The van der Waals surface area contributed by atoms with Gasteiger partial charge >= 0.3 is 0 Å². The Bertz CT molecular complexity index is 1130. The fourth-order valence-corrected chi connectivity index (χ4v) is 5.53. The number of nitrogens with two attached hydrogens (primary N) is 1. The van der Waals surface area contributed by atoms with Crippen LogP contribution < -0.4 is 15.2 Å². The Morgan fingerprint density at radius 2 is 1.94 bits per heavy atom. The number of carbonyl (C=O) groups excluding carboxylic acids is 1. The van der Waals surface area contributed by atoms with Crippen LogP contribution in [0.5, 0.6) is 11.5 Å². The molecule has 2 N–H and O–H groups in total. The van der Waals surface area contributed by atoms with E-state index in [0.29, 0.717) is 12.2 Å². The number of hydrogen-bond acceptors (Lipinski definition) is 4. The van der Waals surface area contributed by atoms with Crippen molar-refractivity contribution < 1.29 is 18.7 Å². The van der Waals surface area contributed by atoms with E-state index < -0.39 is 11.2 Å². The Labute approximate surface area is 213 Å². The largest absolute Gasteiger partial charge is 0.494 e. The van der Waals surface area contributed by atoms with Crippen LogP contribution in [-0.4, -0.2) is 42.6 Å². The second kappa shape index (κ2) is 10.9. The van der Waals surface area contributed by atoms with Crippen molar-refractivity contribution in [2.75, 3.05) is 20.2 Å². The lowest BCUT2D eigenvalue weighted by atomic mass is 9.66. The third kappa shape index (κ3) is 5.34. The molecule has 1 amide bonds. The van der Waals surface area contributed by atoms with Crippen LogP contribution in [0.15, 0.2) is 72.3 Å². The molecule has 192 valence electrons. The van der Waals surface area contributed by atoms with E-state index in [9.17, 15) is 9.18 Å². The van der Waals surface area contributed by atoms with E-state index >= 15 is 0 Å². The zero-order valence-corrected chi connectivity index (χ0v) is 21.5. The van der Waals surface area contributed by atoms with E-state index in [-0.39, 0.29) is 23.3 Å². The Kier molecular flexibility index (Phi) is 7.84. The standard InChI is InChI=1S/C30H37FN2O3/c1-29(2,33-19-16-25(21-33)36-24-14-15-26(31)27(20-24)35-3)17-18-30(28(32)34,22-10-6-4-7-11-22)23-12-8-5-9-13-23/h4-8,10-12,14-15,20,25H,9,13,16-19,21H2,1-3H3,(H2,32,34)/t25-,30?/m0/s1. The molecule has 2 aliphatic rings. The number of methoxy groups -OCH3 is 1. The number of allylic oxidation sites excluding steroid dienone is 3. The van der Waals surface area contributed by atoms with Gasteiger partial charge in [-0.25, -0.2) is 4.39 Å². The number of ether oxygens (including phenoxy) is 2. The average molecular weight is 493 g/mol. The van der Waals surface area contributed by atoms with Gasteiger partial charge in [-0.1, -0.05) is 54.1 Å². The molecule has 0 saturated carbocycles. The summed E-state index contributed by atoms with van der Waals surface area (Å²) in [6.07, 6.45) is 10.3. The Balaban J connectivity index is 1.49. The molecule has 2 aromatic carbocycles. The molecule has 4 rings (SSSR count). The van der Waals surface area contributed by atoms with E-state index in [1.54, 1.807) is 12.1 Å². The van der Waals surface area contributed by atoms with Crippen LogP contribution in [0.4, 0.5) is 4.39 Å². The number of hydrogen-bond donors (Lipinski definition) is 1. The van der Waals surface area contributed by atoms with Crippen LogP contribution in [0, 0.1) is 5.82 Å². The van der Waals surface area contributed by atoms with E-state index in [0.717, 1.165) is 49.9 Å². The number of nitrogens with zero attached hydrogens (tertiary/aromatic N) is 1. The zero-order valence-electron chi connectivity index (χ0n) is 21.5. The molecule has 2 atom stereocenters. The van der Waals surface area contributed by atoms with Crippen molar-refractivity contribution in [3.63, 3.8) is 0 Å². The highest BCUT2D eigenvalue weighted by Crippen LogP contribution is 2.42. The van der Waals surface area contributed by atoms with Gasteiger partial charge in [-0.05, 0) is 63.6 Å². The molecule has 1 unspecified atom stereocenters. The van der Waals surface area contributed by atoms with Crippen molar-refractivity contribution >= 4 is 5.91 Å². The van der Waals surface area contributed by atoms with Crippen molar-refractivity contribution in [1.82, 2.24) is 4.90 Å². The fourth-order valence-electron chi connectivity index (χ4n) is 5.53. The lowest BCUT2D eigenvalue weighted by Gasteiger charge is -2.41. The number of likely N-dealkylation sites (tertiary alicyclic amines) is 1. The summed E-state index contributed by atoms with van der Waals surface area (Å²) in [7, 11) is 1.45. The summed E-state index contributed by atoms with van der Waals surface area (Å²) in [6, 6.07) is 14.6. The molecule has 2 aromatic rings. The Morgan fingerprint density at radius 3 is 2.61 bits per heavy atom. The lowest BCUT2D eigenvalue weighted by Crippen LogP contribution is -2.48. The highest BCUT2D eigenvalue weighted by molar-refractivity contribution is 5.90. The van der Waals surface area contributed by atoms with Crippen LogP contribution in [0.3, 0.4) is 0 Å². The topological polar surface area (TPSA) is 64.8 Å². The summed E-state index contributed by atoms with van der Waals surface area (Å²) in [5.74, 6) is 0.0863. The van der Waals surface area contributed by atoms with Crippen LogP contribution >= 0.6 is 0 Å². The van der Waals surface area contributed by atoms with Gasteiger partial charge < -0.3 is 15.2 Å². The zero-order chi connectivity index (χ0) is 25.8. The number of amides is 1. The third-order valence-electron chi connectivity index (χ3n) is 7.79. The summed E-state index contributed by atoms with van der Waals surface area (Å²) in [5.41, 5.74) is 7.24. The highest BCUT2D eigenvalue weighted by atomic mass is 19.1. The van der Waals surface area contributed by atoms with E-state index in [2.05, 4.69) is 30.9 Å². The molecular formula is C30H37FN2O3. The van der Waals surface area contributed by atoms with Crippen molar-refractivity contribution in [1.29, 1.82) is 0 Å². The third-order valence-corrected chi connectivity index (χ3v) is 7.79. The first-order chi connectivity index (χ1) is 17.3. The van der Waals surface area contributed by atoms with Crippen molar-refractivity contribution in [2.45, 2.75) is 63.0 Å². The first-order valence-electron chi connectivity index (χ1n) is 12.7. The van der Waals surface area contributed by atoms with E-state index in [1.807, 2.05) is 36.4 Å². The van der Waals surface area contributed by atoms with E-state index in [4.69, 9.17) is 15.2 Å². The molecule has 5 nitrogen and oxygen atoms in total. The van der Waals surface area contributed by atoms with Crippen LogP contribution in [0.2, 0.25) is 0 Å². The van der Waals surface area contributed by atoms with Gasteiger partial charge in [0.1, 0.15) is 11.9 Å². The van der Waals surface area contributed by atoms with Crippen LogP contribution in [0.25, 0.3) is 0 Å². The van der Waals surface area contributed by atoms with Crippen molar-refractivity contribution in [3.05, 3.63) is 83.7 Å². The van der Waals surface area contributed by atoms with Crippen LogP contribution in [-0.2, 0) is 10.2 Å². The normalized spacial score (nSPS) is 20.0. The molecule has 1 aliphatic heterocycles. The predicted octanol–water partition coefficient (Wildman–Crippen LogP) is 5.55. The molecule has 0 bridgehead atoms. The quantitative estimate of drug-likeness (QED) is 0.473. The average Bonchev–Trinajstić information content (AvgIpc) is 3.36. The van der Waals surface area contributed by atoms with Gasteiger partial charge in [0.05, 0.1) is 12.5 Å². The molecule has 0 aromatic heterocycles. The first-order valence-corrected chi connectivity index (χ1v) is 12.7. The molecule has 36 heavy (non-hydrogen) atoms. The lowest BCUT2D eigenvalue weighted by molar-refractivity contribution is -0.122. The fraction of sp³-hybridized carbons (Fsp3) is 0.433. The molecule has 0 spiro atoms. The first kappa shape index (κ1) is 26.0. The smallest absolute Gasteiger partial charge is 0.232 e. The number of carbonyl (C=O) groups is 1. The molecule has 1 aliphatic carbocycles. The van der Waals surface area contributed by atoms with Gasteiger partial charge in [-0.3, -0.25) is 9.69 Å². The number of halogens is 1. The SMILES string of the molecule is COc1cc(O[C@H]2CCN(C(C)(C)CCC(C(N)=O)(C3=CC=CCC3)c3ccccc3)C2)ccc1F. The summed E-state index contributed by atoms with van der Waals surface area (Å²) < 4.78 is 25.0. The summed E-state index contributed by atoms with van der Waals surface area (Å²) in [6.45, 7) is 6.09. The minimum Gasteiger partial charge on any atom is -0.494 e. The van der Waals surface area contributed by atoms with Gasteiger partial charge in [0, 0.05) is 24.7 Å². The number of benzene rings is 2. The maximum Gasteiger partial charge on any atom is 0.232 e. The molecule has 1 heterocycles. The Morgan fingerprint density at radius 1 is 1.17 bits per heavy atom. The van der Waals surface area contributed by atoms with Gasteiger partial charge in [0.15, 0.2) is 11.6 Å². The summed E-state index contributed by atoms with van der Waals surface area (Å²) >= 11 is 0. The molecule has 1 fully saturated rings. The van der Waals surface area contributed by atoms with Crippen LogP contribution in [0.1, 0.15) is 51.5 Å².